The maximum Gasteiger partial charge on any atom is 0.161 e. The largest absolute Gasteiger partial charge is 0.493 e. The number of nitrogens with two attached hydrogens (primary N) is 1. The fraction of sp³-hybridized carbons (Fsp3) is 0.429. The van der Waals surface area contributed by atoms with Gasteiger partial charge in [0.05, 0.1) is 34.0 Å². The lowest BCUT2D eigenvalue weighted by Crippen LogP contribution is -2.87. The summed E-state index contributed by atoms with van der Waals surface area (Å²) in [5, 5.41) is 2.36. The Morgan fingerprint density at radius 1 is 0.885 bits per heavy atom. The van der Waals surface area contributed by atoms with Crippen LogP contribution < -0.4 is 24.3 Å². The number of quaternary nitrogens is 1. The first-order valence-electron chi connectivity index (χ1n) is 9.19. The molecular weight excluding hydrogens is 330 g/mol. The summed E-state index contributed by atoms with van der Waals surface area (Å²) in [6.45, 7) is 6.23. The van der Waals surface area contributed by atoms with Crippen LogP contribution in [0.4, 0.5) is 0 Å². The van der Waals surface area contributed by atoms with E-state index in [0.717, 1.165) is 36.0 Å². The number of ether oxygens (including phenoxy) is 4. The Kier molecular flexibility index (Phi) is 5.89. The van der Waals surface area contributed by atoms with Gasteiger partial charge in [0.25, 0.3) is 0 Å². The Morgan fingerprint density at radius 3 is 2.27 bits per heavy atom. The number of benzene rings is 2. The molecule has 3 rings (SSSR count). The summed E-state index contributed by atoms with van der Waals surface area (Å²) < 4.78 is 22.5. The number of hydrogen-bond acceptors (Lipinski definition) is 4. The fourth-order valence-electron chi connectivity index (χ4n) is 3.55. The first-order chi connectivity index (χ1) is 12.7. The van der Waals surface area contributed by atoms with E-state index in [4.69, 9.17) is 18.9 Å². The van der Waals surface area contributed by atoms with Crippen LogP contribution in [0.25, 0.3) is 0 Å². The van der Waals surface area contributed by atoms with Crippen molar-refractivity contribution < 1.29 is 24.3 Å². The van der Waals surface area contributed by atoms with Crippen molar-refractivity contribution in [2.24, 2.45) is 0 Å². The van der Waals surface area contributed by atoms with Gasteiger partial charge in [0, 0.05) is 17.5 Å². The van der Waals surface area contributed by atoms with E-state index in [1.807, 2.05) is 19.9 Å². The highest BCUT2D eigenvalue weighted by Crippen LogP contribution is 2.37. The van der Waals surface area contributed by atoms with E-state index < -0.39 is 0 Å². The van der Waals surface area contributed by atoms with Gasteiger partial charge in [-0.3, -0.25) is 0 Å². The number of fused-ring (bicyclic) bond motifs is 1. The van der Waals surface area contributed by atoms with Gasteiger partial charge in [-0.15, -0.1) is 0 Å². The van der Waals surface area contributed by atoms with Gasteiger partial charge in [-0.25, -0.2) is 0 Å². The van der Waals surface area contributed by atoms with Crippen molar-refractivity contribution in [2.75, 3.05) is 34.0 Å². The van der Waals surface area contributed by atoms with Crippen molar-refractivity contribution in [3.8, 4) is 23.0 Å². The maximum atomic E-state index is 5.81. The Balaban J connectivity index is 2.02. The predicted molar refractivity (Wildman–Crippen MR) is 101 cm³/mol. The van der Waals surface area contributed by atoms with Gasteiger partial charge in [0.2, 0.25) is 0 Å². The van der Waals surface area contributed by atoms with E-state index in [-0.39, 0.29) is 6.04 Å². The van der Waals surface area contributed by atoms with E-state index in [1.54, 1.807) is 14.2 Å². The normalized spacial score (nSPS) is 15.9. The highest BCUT2D eigenvalue weighted by Gasteiger charge is 2.28. The molecule has 2 aromatic carbocycles. The zero-order valence-corrected chi connectivity index (χ0v) is 16.0. The van der Waals surface area contributed by atoms with Gasteiger partial charge in [0.15, 0.2) is 23.0 Å². The molecule has 1 heterocycles. The van der Waals surface area contributed by atoms with E-state index in [1.165, 1.54) is 16.7 Å². The third kappa shape index (κ3) is 3.58. The first kappa shape index (κ1) is 18.4. The van der Waals surface area contributed by atoms with E-state index in [0.29, 0.717) is 13.2 Å². The smallest absolute Gasteiger partial charge is 0.161 e. The Morgan fingerprint density at radius 2 is 1.58 bits per heavy atom. The van der Waals surface area contributed by atoms with Crippen LogP contribution in [-0.4, -0.2) is 34.0 Å². The quantitative estimate of drug-likeness (QED) is 0.827. The van der Waals surface area contributed by atoms with Crippen molar-refractivity contribution in [2.45, 2.75) is 26.3 Å². The number of hydrogen-bond donors (Lipinski definition) is 1. The van der Waals surface area contributed by atoms with Crippen LogP contribution in [0.1, 0.15) is 36.6 Å². The van der Waals surface area contributed by atoms with E-state index >= 15 is 0 Å². The monoisotopic (exact) mass is 358 g/mol. The third-order valence-corrected chi connectivity index (χ3v) is 4.72. The highest BCUT2D eigenvalue weighted by atomic mass is 16.5. The van der Waals surface area contributed by atoms with Gasteiger partial charge >= 0.3 is 0 Å². The molecule has 0 spiro atoms. The van der Waals surface area contributed by atoms with Crippen LogP contribution in [-0.2, 0) is 6.42 Å². The van der Waals surface area contributed by atoms with Crippen LogP contribution in [0.2, 0.25) is 0 Å². The molecule has 140 valence electrons. The van der Waals surface area contributed by atoms with E-state index in [9.17, 15) is 0 Å². The minimum absolute atomic E-state index is 0.202. The number of methoxy groups -OCH3 is 2. The molecule has 0 aliphatic carbocycles. The first-order valence-corrected chi connectivity index (χ1v) is 9.19. The SMILES string of the molecule is CCOc1ccc([C@@H]2[NH2+]CCc3cc(OC)c(OC)cc32)cc1OCC. The Bertz CT molecular complexity index is 760. The highest BCUT2D eigenvalue weighted by molar-refractivity contribution is 5.52. The average Bonchev–Trinajstić information content (AvgIpc) is 2.68. The zero-order chi connectivity index (χ0) is 18.5. The molecule has 0 aromatic heterocycles. The van der Waals surface area contributed by atoms with Crippen molar-refractivity contribution in [3.05, 3.63) is 47.0 Å². The summed E-state index contributed by atoms with van der Waals surface area (Å²) >= 11 is 0. The molecule has 0 fully saturated rings. The third-order valence-electron chi connectivity index (χ3n) is 4.72. The van der Waals surface area contributed by atoms with Crippen molar-refractivity contribution in [1.29, 1.82) is 0 Å². The van der Waals surface area contributed by atoms with Gasteiger partial charge < -0.3 is 24.3 Å². The molecule has 5 nitrogen and oxygen atoms in total. The molecule has 0 saturated heterocycles. The molecule has 1 atom stereocenters. The minimum atomic E-state index is 0.202. The molecule has 0 unspecified atom stereocenters. The molecule has 0 amide bonds. The Hall–Kier alpha value is -2.40. The summed E-state index contributed by atoms with van der Waals surface area (Å²) in [5.41, 5.74) is 3.77. The molecular formula is C21H28NO4+. The molecule has 2 N–H and O–H groups in total. The molecule has 1 aliphatic rings. The lowest BCUT2D eigenvalue weighted by molar-refractivity contribution is -0.690. The van der Waals surface area contributed by atoms with Crippen LogP contribution in [0.5, 0.6) is 23.0 Å². The summed E-state index contributed by atoms with van der Waals surface area (Å²) in [6.07, 6.45) is 1.02. The minimum Gasteiger partial charge on any atom is -0.493 e. The number of rotatable bonds is 7. The molecule has 0 bridgehead atoms. The predicted octanol–water partition coefficient (Wildman–Crippen LogP) is 2.71. The van der Waals surface area contributed by atoms with Crippen LogP contribution in [0, 0.1) is 0 Å². The van der Waals surface area contributed by atoms with Gasteiger partial charge in [-0.05, 0) is 49.7 Å². The second-order valence-corrected chi connectivity index (χ2v) is 6.23. The summed E-state index contributed by atoms with van der Waals surface area (Å²) in [4.78, 5) is 0. The molecule has 2 aromatic rings. The lowest BCUT2D eigenvalue weighted by atomic mass is 9.89. The molecule has 26 heavy (non-hydrogen) atoms. The van der Waals surface area contributed by atoms with Gasteiger partial charge in [-0.1, -0.05) is 0 Å². The lowest BCUT2D eigenvalue weighted by Gasteiger charge is -2.26. The molecule has 0 radical (unpaired) electrons. The molecule has 1 aliphatic heterocycles. The fourth-order valence-corrected chi connectivity index (χ4v) is 3.55. The van der Waals surface area contributed by atoms with Crippen molar-refractivity contribution in [1.82, 2.24) is 0 Å². The zero-order valence-electron chi connectivity index (χ0n) is 16.0. The average molecular weight is 358 g/mol. The second kappa shape index (κ2) is 8.32. The van der Waals surface area contributed by atoms with Crippen LogP contribution in [0.15, 0.2) is 30.3 Å². The summed E-state index contributed by atoms with van der Waals surface area (Å²) in [7, 11) is 3.35. The van der Waals surface area contributed by atoms with Crippen molar-refractivity contribution >= 4 is 0 Å². The summed E-state index contributed by atoms with van der Waals surface area (Å²) in [6, 6.07) is 10.6. The van der Waals surface area contributed by atoms with Crippen LogP contribution in [0.3, 0.4) is 0 Å². The Labute approximate surface area is 155 Å². The summed E-state index contributed by atoms with van der Waals surface area (Å²) in [5.74, 6) is 3.14. The van der Waals surface area contributed by atoms with Crippen molar-refractivity contribution in [3.63, 3.8) is 0 Å². The molecule has 0 saturated carbocycles. The van der Waals surface area contributed by atoms with E-state index in [2.05, 4.69) is 29.6 Å². The standard InChI is InChI=1S/C21H27NO4/c1-5-25-17-8-7-15(12-20(17)26-6-2)21-16-13-19(24-4)18(23-3)11-14(16)9-10-22-21/h7-8,11-13,21-22H,5-6,9-10H2,1-4H3/p+1/t21-/m0/s1. The second-order valence-electron chi connectivity index (χ2n) is 6.23. The van der Waals surface area contributed by atoms with Crippen LogP contribution >= 0.6 is 0 Å². The van der Waals surface area contributed by atoms with Gasteiger partial charge in [-0.2, -0.15) is 0 Å². The molecule has 5 heteroatoms. The maximum absolute atomic E-state index is 5.81. The topological polar surface area (TPSA) is 53.5 Å². The van der Waals surface area contributed by atoms with Gasteiger partial charge in [0.1, 0.15) is 6.04 Å².